The van der Waals surface area contributed by atoms with Crippen LogP contribution in [0.25, 0.3) is 11.7 Å². The molecule has 0 unspecified atom stereocenters. The van der Waals surface area contributed by atoms with Gasteiger partial charge in [0.25, 0.3) is 5.56 Å². The monoisotopic (exact) mass is 377 g/mol. The van der Waals surface area contributed by atoms with Crippen molar-refractivity contribution in [2.24, 2.45) is 0 Å². The number of aromatic nitrogens is 2. The average molecular weight is 377 g/mol. The molecule has 0 bridgehead atoms. The number of ether oxygens (including phenoxy) is 3. The molecule has 2 aromatic heterocycles. The first-order valence-corrected chi connectivity index (χ1v) is 8.11. The highest BCUT2D eigenvalue weighted by Crippen LogP contribution is 2.31. The van der Waals surface area contributed by atoms with Crippen molar-refractivity contribution in [2.75, 3.05) is 14.2 Å². The molecule has 0 amide bonds. The van der Waals surface area contributed by atoms with Crippen molar-refractivity contribution in [1.82, 2.24) is 9.38 Å². The molecule has 0 radical (unpaired) electrons. The second-order valence-corrected chi connectivity index (χ2v) is 5.48. The van der Waals surface area contributed by atoms with Crippen molar-refractivity contribution in [1.29, 1.82) is 5.26 Å². The second kappa shape index (κ2) is 8.05. The van der Waals surface area contributed by atoms with Crippen LogP contribution in [0.2, 0.25) is 0 Å². The Balaban J connectivity index is 2.26. The lowest BCUT2D eigenvalue weighted by atomic mass is 10.2. The van der Waals surface area contributed by atoms with E-state index >= 15 is 0 Å². The Kier molecular flexibility index (Phi) is 5.37. The second-order valence-electron chi connectivity index (χ2n) is 5.48. The molecule has 0 fully saturated rings. The SMILES string of the molecule is COC(=O)C(C#N)=Cc1c(Oc2ccccc2OC)nc2ccccn2c1=O. The third kappa shape index (κ3) is 3.54. The van der Waals surface area contributed by atoms with Crippen molar-refractivity contribution in [3.63, 3.8) is 0 Å². The van der Waals surface area contributed by atoms with Crippen molar-refractivity contribution in [3.05, 3.63) is 70.2 Å². The topological polar surface area (TPSA) is 103 Å². The standard InChI is InChI=1S/C20H15N3O5/c1-26-15-7-3-4-8-16(15)28-18-14(11-13(12-21)20(25)27-2)19(24)23-10-6-5-9-17(23)22-18/h3-11H,1-2H3. The number of esters is 1. The molecule has 3 rings (SSSR count). The van der Waals surface area contributed by atoms with Crippen LogP contribution in [0.15, 0.2) is 59.0 Å². The Bertz CT molecular complexity index is 1170. The molecular formula is C20H15N3O5. The van der Waals surface area contributed by atoms with E-state index in [4.69, 9.17) is 9.47 Å². The highest BCUT2D eigenvalue weighted by atomic mass is 16.5. The first-order chi connectivity index (χ1) is 13.6. The highest BCUT2D eigenvalue weighted by Gasteiger charge is 2.18. The predicted molar refractivity (Wildman–Crippen MR) is 100 cm³/mol. The zero-order chi connectivity index (χ0) is 20.1. The smallest absolute Gasteiger partial charge is 0.348 e. The summed E-state index contributed by atoms with van der Waals surface area (Å²) >= 11 is 0. The van der Waals surface area contributed by atoms with E-state index in [1.54, 1.807) is 48.5 Å². The normalized spacial score (nSPS) is 11.0. The lowest BCUT2D eigenvalue weighted by Crippen LogP contribution is -2.19. The van der Waals surface area contributed by atoms with Gasteiger partial charge in [-0.05, 0) is 30.3 Å². The van der Waals surface area contributed by atoms with Gasteiger partial charge < -0.3 is 14.2 Å². The van der Waals surface area contributed by atoms with Gasteiger partial charge in [0.15, 0.2) is 11.5 Å². The lowest BCUT2D eigenvalue weighted by Gasteiger charge is -2.12. The number of fused-ring (bicyclic) bond motifs is 1. The van der Waals surface area contributed by atoms with E-state index in [1.807, 2.05) is 0 Å². The van der Waals surface area contributed by atoms with E-state index in [2.05, 4.69) is 9.72 Å². The van der Waals surface area contributed by atoms with E-state index in [-0.39, 0.29) is 17.0 Å². The van der Waals surface area contributed by atoms with E-state index < -0.39 is 11.5 Å². The summed E-state index contributed by atoms with van der Waals surface area (Å²) < 4.78 is 16.9. The maximum atomic E-state index is 13.0. The largest absolute Gasteiger partial charge is 0.493 e. The molecule has 8 nitrogen and oxygen atoms in total. The third-order valence-corrected chi connectivity index (χ3v) is 3.82. The molecule has 0 saturated heterocycles. The molecule has 2 heterocycles. The van der Waals surface area contributed by atoms with Crippen LogP contribution in [0.4, 0.5) is 0 Å². The van der Waals surface area contributed by atoms with Crippen LogP contribution < -0.4 is 15.0 Å². The van der Waals surface area contributed by atoms with Gasteiger partial charge in [0.1, 0.15) is 22.9 Å². The fraction of sp³-hybridized carbons (Fsp3) is 0.100. The number of para-hydroxylation sites is 2. The molecule has 140 valence electrons. The minimum Gasteiger partial charge on any atom is -0.493 e. The van der Waals surface area contributed by atoms with Gasteiger partial charge >= 0.3 is 5.97 Å². The summed E-state index contributed by atoms with van der Waals surface area (Å²) in [4.78, 5) is 29.1. The maximum absolute atomic E-state index is 13.0. The number of hydrogen-bond donors (Lipinski definition) is 0. The third-order valence-electron chi connectivity index (χ3n) is 3.82. The molecule has 8 heteroatoms. The predicted octanol–water partition coefficient (Wildman–Crippen LogP) is 2.58. The first-order valence-electron chi connectivity index (χ1n) is 8.11. The van der Waals surface area contributed by atoms with Gasteiger partial charge in [-0.15, -0.1) is 0 Å². The Labute approximate surface area is 159 Å². The van der Waals surface area contributed by atoms with E-state index in [1.165, 1.54) is 17.7 Å². The van der Waals surface area contributed by atoms with Crippen molar-refractivity contribution < 1.29 is 19.0 Å². The highest BCUT2D eigenvalue weighted by molar-refractivity contribution is 5.98. The molecule has 28 heavy (non-hydrogen) atoms. The average Bonchev–Trinajstić information content (AvgIpc) is 2.73. The number of hydrogen-bond acceptors (Lipinski definition) is 7. The molecule has 0 aliphatic carbocycles. The zero-order valence-corrected chi connectivity index (χ0v) is 15.1. The quantitative estimate of drug-likeness (QED) is 0.382. The molecule has 0 N–H and O–H groups in total. The van der Waals surface area contributed by atoms with Crippen LogP contribution in [0.1, 0.15) is 5.56 Å². The fourth-order valence-electron chi connectivity index (χ4n) is 2.48. The number of nitriles is 1. The summed E-state index contributed by atoms with van der Waals surface area (Å²) in [5, 5.41) is 9.25. The number of pyridine rings is 1. The van der Waals surface area contributed by atoms with Crippen molar-refractivity contribution in [2.45, 2.75) is 0 Å². The summed E-state index contributed by atoms with van der Waals surface area (Å²) in [5.74, 6) is -0.190. The molecular weight excluding hydrogens is 362 g/mol. The number of carbonyl (C=O) groups is 1. The van der Waals surface area contributed by atoms with E-state index in [0.29, 0.717) is 17.1 Å². The molecule has 0 atom stereocenters. The summed E-state index contributed by atoms with van der Waals surface area (Å²) in [7, 11) is 2.63. The molecule has 0 saturated carbocycles. The van der Waals surface area contributed by atoms with Crippen LogP contribution in [-0.2, 0) is 9.53 Å². The van der Waals surface area contributed by atoms with Crippen LogP contribution in [0, 0.1) is 11.3 Å². The number of carbonyl (C=O) groups excluding carboxylic acids is 1. The van der Waals surface area contributed by atoms with Crippen molar-refractivity contribution in [3.8, 4) is 23.4 Å². The number of rotatable bonds is 5. The summed E-state index contributed by atoms with van der Waals surface area (Å²) in [5.41, 5.74) is -0.600. The Morgan fingerprint density at radius 2 is 1.86 bits per heavy atom. The number of methoxy groups -OCH3 is 2. The number of benzene rings is 1. The Morgan fingerprint density at radius 3 is 2.54 bits per heavy atom. The number of nitrogens with zero attached hydrogens (tertiary/aromatic N) is 3. The van der Waals surface area contributed by atoms with Gasteiger partial charge in [-0.2, -0.15) is 10.2 Å². The fourth-order valence-corrected chi connectivity index (χ4v) is 2.48. The summed E-state index contributed by atoms with van der Waals surface area (Å²) in [6.07, 6.45) is 2.63. The van der Waals surface area contributed by atoms with Crippen molar-refractivity contribution >= 4 is 17.7 Å². The van der Waals surface area contributed by atoms with Gasteiger partial charge in [-0.25, -0.2) is 4.79 Å². The van der Waals surface area contributed by atoms with Gasteiger partial charge in [-0.1, -0.05) is 18.2 Å². The van der Waals surface area contributed by atoms with Crippen LogP contribution >= 0.6 is 0 Å². The van der Waals surface area contributed by atoms with Gasteiger partial charge in [0, 0.05) is 6.20 Å². The Morgan fingerprint density at radius 1 is 1.14 bits per heavy atom. The van der Waals surface area contributed by atoms with E-state index in [9.17, 15) is 14.9 Å². The minimum atomic E-state index is -0.872. The molecule has 3 aromatic rings. The van der Waals surface area contributed by atoms with Gasteiger partial charge in [0.05, 0.1) is 14.2 Å². The molecule has 1 aromatic carbocycles. The molecule has 0 aliphatic heterocycles. The lowest BCUT2D eigenvalue weighted by molar-refractivity contribution is -0.135. The maximum Gasteiger partial charge on any atom is 0.348 e. The Hall–Kier alpha value is -4.12. The van der Waals surface area contributed by atoms with Gasteiger partial charge in [0.2, 0.25) is 5.88 Å². The summed E-state index contributed by atoms with van der Waals surface area (Å²) in [6.45, 7) is 0. The first kappa shape index (κ1) is 18.7. The molecule has 0 aliphatic rings. The summed E-state index contributed by atoms with van der Waals surface area (Å²) in [6, 6.07) is 13.6. The van der Waals surface area contributed by atoms with E-state index in [0.717, 1.165) is 13.2 Å². The van der Waals surface area contributed by atoms with Gasteiger partial charge in [-0.3, -0.25) is 9.20 Å². The zero-order valence-electron chi connectivity index (χ0n) is 15.1. The minimum absolute atomic E-state index is 0.0719. The molecule has 0 spiro atoms. The van der Waals surface area contributed by atoms with Crippen LogP contribution in [-0.4, -0.2) is 29.6 Å². The van der Waals surface area contributed by atoms with Crippen LogP contribution in [0.5, 0.6) is 17.4 Å². The van der Waals surface area contributed by atoms with Crippen LogP contribution in [0.3, 0.4) is 0 Å².